The van der Waals surface area contributed by atoms with Crippen LogP contribution in [0.15, 0.2) is 23.1 Å². The minimum absolute atomic E-state index is 0.0865. The van der Waals surface area contributed by atoms with Crippen molar-refractivity contribution in [2.75, 3.05) is 20.3 Å². The Kier molecular flexibility index (Phi) is 5.78. The van der Waals surface area contributed by atoms with Crippen LogP contribution in [0.4, 0.5) is 0 Å². The summed E-state index contributed by atoms with van der Waals surface area (Å²) in [7, 11) is -2.14. The van der Waals surface area contributed by atoms with Crippen LogP contribution in [-0.2, 0) is 14.8 Å². The van der Waals surface area contributed by atoms with Gasteiger partial charge in [0.1, 0.15) is 0 Å². The molecule has 0 heterocycles. The summed E-state index contributed by atoms with van der Waals surface area (Å²) in [5, 5.41) is 2.96. The molecule has 0 spiro atoms. The van der Waals surface area contributed by atoms with E-state index in [0.717, 1.165) is 18.4 Å². The Balaban J connectivity index is 2.15. The largest absolute Gasteiger partial charge is 0.383 e. The fourth-order valence-electron chi connectivity index (χ4n) is 2.37. The lowest BCUT2D eigenvalue weighted by Gasteiger charge is -2.15. The van der Waals surface area contributed by atoms with Crippen LogP contribution in [0, 0.1) is 12.8 Å². The van der Waals surface area contributed by atoms with Crippen LogP contribution in [0.3, 0.4) is 0 Å². The lowest BCUT2D eigenvalue weighted by Crippen LogP contribution is -2.34. The third-order valence-electron chi connectivity index (χ3n) is 4.05. The normalized spacial score (nSPS) is 16.1. The Morgan fingerprint density at radius 2 is 2.09 bits per heavy atom. The Labute approximate surface area is 137 Å². The molecular formula is C16H24N2O4S. The summed E-state index contributed by atoms with van der Waals surface area (Å²) in [6.45, 7) is 4.26. The number of hydrogen-bond acceptors (Lipinski definition) is 4. The van der Waals surface area contributed by atoms with Gasteiger partial charge in [0.2, 0.25) is 10.0 Å². The average molecular weight is 340 g/mol. The molecule has 23 heavy (non-hydrogen) atoms. The Morgan fingerprint density at radius 1 is 1.39 bits per heavy atom. The molecule has 1 unspecified atom stereocenters. The first-order valence-electron chi connectivity index (χ1n) is 7.75. The first kappa shape index (κ1) is 17.9. The van der Waals surface area contributed by atoms with Gasteiger partial charge < -0.3 is 10.1 Å². The maximum Gasteiger partial charge on any atom is 0.251 e. The maximum absolute atomic E-state index is 12.4. The summed E-state index contributed by atoms with van der Waals surface area (Å²) in [6, 6.07) is 4.70. The van der Waals surface area contributed by atoms with E-state index in [1.165, 1.54) is 19.2 Å². The predicted octanol–water partition coefficient (Wildman–Crippen LogP) is 1.45. The number of benzene rings is 1. The van der Waals surface area contributed by atoms with Gasteiger partial charge in [0, 0.05) is 25.3 Å². The van der Waals surface area contributed by atoms with E-state index in [9.17, 15) is 13.2 Å². The predicted molar refractivity (Wildman–Crippen MR) is 87.9 cm³/mol. The van der Waals surface area contributed by atoms with Gasteiger partial charge in [0.25, 0.3) is 5.91 Å². The Hall–Kier alpha value is -1.44. The molecule has 1 aliphatic carbocycles. The third-order valence-corrected chi connectivity index (χ3v) is 5.51. The summed E-state index contributed by atoms with van der Waals surface area (Å²) in [4.78, 5) is 12.5. The number of carbonyl (C=O) groups is 1. The molecule has 0 saturated heterocycles. The Morgan fingerprint density at radius 3 is 2.70 bits per heavy atom. The SMILES string of the molecule is COCCNS(=O)(=O)c1ccc(C)c(C(=O)NC(C)C2CC2)c1. The first-order chi connectivity index (χ1) is 10.8. The van der Waals surface area contributed by atoms with E-state index in [-0.39, 0.29) is 30.0 Å². The van der Waals surface area contributed by atoms with Gasteiger partial charge in [-0.1, -0.05) is 6.07 Å². The zero-order chi connectivity index (χ0) is 17.0. The molecule has 128 valence electrons. The molecule has 1 aromatic carbocycles. The molecule has 7 heteroatoms. The van der Waals surface area contributed by atoms with E-state index in [2.05, 4.69) is 10.0 Å². The second-order valence-electron chi connectivity index (χ2n) is 5.97. The molecule has 1 aromatic rings. The highest BCUT2D eigenvalue weighted by molar-refractivity contribution is 7.89. The highest BCUT2D eigenvalue weighted by Gasteiger charge is 2.29. The van der Waals surface area contributed by atoms with Gasteiger partial charge in [-0.15, -0.1) is 0 Å². The lowest BCUT2D eigenvalue weighted by atomic mass is 10.1. The van der Waals surface area contributed by atoms with Crippen LogP contribution in [0.2, 0.25) is 0 Å². The average Bonchev–Trinajstić information content (AvgIpc) is 3.32. The number of rotatable bonds is 8. The smallest absolute Gasteiger partial charge is 0.251 e. The van der Waals surface area contributed by atoms with Crippen LogP contribution >= 0.6 is 0 Å². The monoisotopic (exact) mass is 340 g/mol. The number of aryl methyl sites for hydroxylation is 1. The molecule has 0 aliphatic heterocycles. The topological polar surface area (TPSA) is 84.5 Å². The number of hydrogen-bond donors (Lipinski definition) is 2. The van der Waals surface area contributed by atoms with Crippen LogP contribution in [-0.4, -0.2) is 40.6 Å². The zero-order valence-corrected chi connectivity index (χ0v) is 14.6. The van der Waals surface area contributed by atoms with E-state index in [1.54, 1.807) is 13.0 Å². The minimum atomic E-state index is -3.65. The van der Waals surface area contributed by atoms with Crippen molar-refractivity contribution in [2.24, 2.45) is 5.92 Å². The number of amides is 1. The van der Waals surface area contributed by atoms with Crippen molar-refractivity contribution < 1.29 is 17.9 Å². The van der Waals surface area contributed by atoms with E-state index in [0.29, 0.717) is 11.5 Å². The van der Waals surface area contributed by atoms with Gasteiger partial charge in [0.05, 0.1) is 11.5 Å². The van der Waals surface area contributed by atoms with E-state index in [1.807, 2.05) is 6.92 Å². The molecule has 2 N–H and O–H groups in total. The van der Waals surface area contributed by atoms with Crippen molar-refractivity contribution in [3.8, 4) is 0 Å². The van der Waals surface area contributed by atoms with E-state index >= 15 is 0 Å². The van der Waals surface area contributed by atoms with Crippen molar-refractivity contribution >= 4 is 15.9 Å². The molecule has 1 amide bonds. The van der Waals surface area contributed by atoms with Crippen molar-refractivity contribution in [1.82, 2.24) is 10.0 Å². The van der Waals surface area contributed by atoms with Gasteiger partial charge in [-0.3, -0.25) is 4.79 Å². The summed E-state index contributed by atoms with van der Waals surface area (Å²) in [6.07, 6.45) is 2.27. The van der Waals surface area contributed by atoms with Gasteiger partial charge in [-0.2, -0.15) is 0 Å². The van der Waals surface area contributed by atoms with Gasteiger partial charge in [-0.25, -0.2) is 13.1 Å². The fraction of sp³-hybridized carbons (Fsp3) is 0.562. The van der Waals surface area contributed by atoms with Crippen molar-refractivity contribution in [3.05, 3.63) is 29.3 Å². The summed E-state index contributed by atoms with van der Waals surface area (Å²) in [5.74, 6) is 0.317. The second-order valence-corrected chi connectivity index (χ2v) is 7.73. The highest BCUT2D eigenvalue weighted by atomic mass is 32.2. The molecular weight excluding hydrogens is 316 g/mol. The van der Waals surface area contributed by atoms with Gasteiger partial charge >= 0.3 is 0 Å². The number of ether oxygens (including phenoxy) is 1. The van der Waals surface area contributed by atoms with Crippen molar-refractivity contribution in [3.63, 3.8) is 0 Å². The number of sulfonamides is 1. The lowest BCUT2D eigenvalue weighted by molar-refractivity contribution is 0.0935. The van der Waals surface area contributed by atoms with Crippen LogP contribution < -0.4 is 10.0 Å². The van der Waals surface area contributed by atoms with Crippen LogP contribution in [0.5, 0.6) is 0 Å². The standard InChI is InChI=1S/C16H24N2O4S/c1-11-4-7-14(23(20,21)17-8-9-22-3)10-15(11)16(19)18-12(2)13-5-6-13/h4,7,10,12-13,17H,5-6,8-9H2,1-3H3,(H,18,19). The van der Waals surface area contributed by atoms with Gasteiger partial charge in [-0.05, 0) is 50.3 Å². The molecule has 0 aromatic heterocycles. The number of nitrogens with one attached hydrogen (secondary N) is 2. The third kappa shape index (κ3) is 4.76. The Bertz CT molecular complexity index is 669. The zero-order valence-electron chi connectivity index (χ0n) is 13.8. The fourth-order valence-corrected chi connectivity index (χ4v) is 3.41. The van der Waals surface area contributed by atoms with E-state index < -0.39 is 10.0 Å². The summed E-state index contributed by atoms with van der Waals surface area (Å²) >= 11 is 0. The molecule has 6 nitrogen and oxygen atoms in total. The molecule has 1 atom stereocenters. The van der Waals surface area contributed by atoms with Crippen molar-refractivity contribution in [1.29, 1.82) is 0 Å². The highest BCUT2D eigenvalue weighted by Crippen LogP contribution is 2.32. The molecule has 1 fully saturated rings. The summed E-state index contributed by atoms with van der Waals surface area (Å²) < 4.78 is 31.8. The minimum Gasteiger partial charge on any atom is -0.383 e. The van der Waals surface area contributed by atoms with Crippen LogP contribution in [0.1, 0.15) is 35.7 Å². The van der Waals surface area contributed by atoms with Gasteiger partial charge in [0.15, 0.2) is 0 Å². The molecule has 2 rings (SSSR count). The molecule has 1 aliphatic rings. The molecule has 0 bridgehead atoms. The van der Waals surface area contributed by atoms with E-state index in [4.69, 9.17) is 4.74 Å². The molecule has 0 radical (unpaired) electrons. The van der Waals surface area contributed by atoms with Crippen LogP contribution in [0.25, 0.3) is 0 Å². The quantitative estimate of drug-likeness (QED) is 0.702. The van der Waals surface area contributed by atoms with Crippen molar-refractivity contribution in [2.45, 2.75) is 37.6 Å². The second kappa shape index (κ2) is 7.42. The number of methoxy groups -OCH3 is 1. The molecule has 1 saturated carbocycles. The first-order valence-corrected chi connectivity index (χ1v) is 9.23. The maximum atomic E-state index is 12.4. The summed E-state index contributed by atoms with van der Waals surface area (Å²) in [5.41, 5.74) is 1.15. The number of carbonyl (C=O) groups excluding carboxylic acids is 1.